The number of hydrogen-bond acceptors (Lipinski definition) is 0. The minimum absolute atomic E-state index is 0.639. The second-order valence-electron chi connectivity index (χ2n) is 14.4. The van der Waals surface area contributed by atoms with Gasteiger partial charge in [-0.2, -0.15) is 12.1 Å². The number of benzene rings is 4. The Balaban J connectivity index is 0.000000205. The third-order valence-corrected chi connectivity index (χ3v) is 10.9. The Morgan fingerprint density at radius 1 is 0.654 bits per heavy atom. The molecule has 0 N–H and O–H groups in total. The number of rotatable bonds is 8. The van der Waals surface area contributed by atoms with Crippen LogP contribution in [0.3, 0.4) is 0 Å². The van der Waals surface area contributed by atoms with Crippen LogP contribution in [-0.4, -0.2) is 9.52 Å². The van der Waals surface area contributed by atoms with Crippen LogP contribution in [0.2, 0.25) is 13.1 Å². The average molecular weight is 825 g/mol. The Morgan fingerprint density at radius 3 is 1.54 bits per heavy atom. The molecule has 0 saturated heterocycles. The summed E-state index contributed by atoms with van der Waals surface area (Å²) in [6, 6.07) is 41.3. The molecule has 0 heterocycles. The molecule has 52 heavy (non-hydrogen) atoms. The van der Waals surface area contributed by atoms with Crippen molar-refractivity contribution in [1.82, 2.24) is 0 Å². The monoisotopic (exact) mass is 822 g/mol. The van der Waals surface area contributed by atoms with Crippen molar-refractivity contribution in [3.05, 3.63) is 131 Å². The molecule has 0 aromatic heterocycles. The van der Waals surface area contributed by atoms with E-state index in [1.165, 1.54) is 105 Å². The summed E-state index contributed by atoms with van der Waals surface area (Å²) in [6.07, 6.45) is 10.4. The number of halogens is 2. The second kappa shape index (κ2) is 22.2. The van der Waals surface area contributed by atoms with Crippen LogP contribution in [0, 0.1) is 0 Å². The summed E-state index contributed by atoms with van der Waals surface area (Å²) < 4.78 is 0. The zero-order valence-corrected chi connectivity index (χ0v) is 37.5. The molecule has 2 radical (unpaired) electrons. The van der Waals surface area contributed by atoms with Gasteiger partial charge in [-0.15, -0.1) is 69.1 Å². The van der Waals surface area contributed by atoms with E-state index in [2.05, 4.69) is 157 Å². The molecular formula is C48H58Cl2SiZr. The van der Waals surface area contributed by atoms with Gasteiger partial charge < -0.3 is 0 Å². The first kappa shape index (κ1) is 42.5. The molecule has 1 aliphatic carbocycles. The molecule has 0 spiro atoms. The SMILES string of the molecule is CCC(C)c1ccc(-c2cccc3[cH-]c(C4CCCCC4)cc23)cc1.CCc1cc2c(-c3ccc(C(C)CC)cc3)cccc2[cH-]1.C[Si]C.[Cl][Zr+2][Cl]. The summed E-state index contributed by atoms with van der Waals surface area (Å²) in [6.45, 7) is 15.6. The first-order valence-corrected chi connectivity index (χ1v) is 27.8. The van der Waals surface area contributed by atoms with Crippen molar-refractivity contribution in [2.75, 3.05) is 0 Å². The van der Waals surface area contributed by atoms with Crippen LogP contribution in [0.25, 0.3) is 43.8 Å². The van der Waals surface area contributed by atoms with E-state index >= 15 is 0 Å². The maximum atomic E-state index is 4.93. The molecule has 2 atom stereocenters. The Kier molecular flexibility index (Phi) is 18.2. The average Bonchev–Trinajstić information content (AvgIpc) is 3.84. The number of fused-ring (bicyclic) bond motifs is 2. The van der Waals surface area contributed by atoms with Crippen molar-refractivity contribution in [3.8, 4) is 22.3 Å². The van der Waals surface area contributed by atoms with Crippen LogP contribution >= 0.6 is 17.0 Å². The molecule has 1 saturated carbocycles. The van der Waals surface area contributed by atoms with Crippen molar-refractivity contribution >= 4 is 48.1 Å². The van der Waals surface area contributed by atoms with E-state index in [0.717, 1.165) is 21.9 Å². The summed E-state index contributed by atoms with van der Waals surface area (Å²) >= 11 is -0.826. The predicted molar refractivity (Wildman–Crippen MR) is 232 cm³/mol. The predicted octanol–water partition coefficient (Wildman–Crippen LogP) is 16.3. The third-order valence-electron chi connectivity index (χ3n) is 10.9. The fourth-order valence-electron chi connectivity index (χ4n) is 7.39. The summed E-state index contributed by atoms with van der Waals surface area (Å²) in [4.78, 5) is 0. The van der Waals surface area contributed by atoms with Crippen LogP contribution in [-0.2, 0) is 27.3 Å². The van der Waals surface area contributed by atoms with Crippen LogP contribution in [0.4, 0.5) is 0 Å². The fraction of sp³-hybridized carbons (Fsp3) is 0.375. The zero-order chi connectivity index (χ0) is 37.5. The quantitative estimate of drug-likeness (QED) is 0.106. The molecule has 7 rings (SSSR count). The summed E-state index contributed by atoms with van der Waals surface area (Å²) in [5.41, 5.74) is 11.3. The van der Waals surface area contributed by atoms with Crippen LogP contribution in [0.15, 0.2) is 109 Å². The normalized spacial score (nSPS) is 13.9. The van der Waals surface area contributed by atoms with E-state index in [-0.39, 0.29) is 0 Å². The van der Waals surface area contributed by atoms with Gasteiger partial charge in [0.2, 0.25) is 0 Å². The van der Waals surface area contributed by atoms with Crippen LogP contribution in [0.5, 0.6) is 0 Å². The van der Waals surface area contributed by atoms with Crippen molar-refractivity contribution in [3.63, 3.8) is 0 Å². The molecule has 2 unspecified atom stereocenters. The van der Waals surface area contributed by atoms with Gasteiger partial charge in [-0.05, 0) is 72.1 Å². The molecule has 0 bridgehead atoms. The molecule has 6 aromatic rings. The summed E-state index contributed by atoms with van der Waals surface area (Å²) in [5.74, 6) is 2.06. The Morgan fingerprint density at radius 2 is 1.10 bits per heavy atom. The number of hydrogen-bond donors (Lipinski definition) is 0. The van der Waals surface area contributed by atoms with Crippen molar-refractivity contribution < 1.29 is 20.8 Å². The van der Waals surface area contributed by atoms with E-state index in [9.17, 15) is 0 Å². The molecule has 4 heteroatoms. The van der Waals surface area contributed by atoms with E-state index in [1.807, 2.05) is 0 Å². The van der Waals surface area contributed by atoms with Crippen LogP contribution in [0.1, 0.15) is 120 Å². The van der Waals surface area contributed by atoms with Gasteiger partial charge in [-0.1, -0.05) is 139 Å². The van der Waals surface area contributed by atoms with Crippen molar-refractivity contribution in [2.24, 2.45) is 0 Å². The summed E-state index contributed by atoms with van der Waals surface area (Å²) in [5, 5.41) is 5.57. The van der Waals surface area contributed by atoms with Gasteiger partial charge in [0.15, 0.2) is 0 Å². The first-order chi connectivity index (χ1) is 25.3. The molecule has 0 amide bonds. The summed E-state index contributed by atoms with van der Waals surface area (Å²) in [7, 11) is 11.0. The molecule has 272 valence electrons. The molecular weight excluding hydrogens is 767 g/mol. The standard InChI is InChI=1S/C25H29.C21H23.C2H6Si.2ClH.Zr/c1-3-18(2)19-12-14-21(15-13-19)24-11-7-10-22-16-23(17-25(22)24)20-8-5-4-6-9-20;1-4-15(3)17-9-11-18(12-10-17)20-8-6-7-19-13-16(5-2)14-21(19)20;1-3-2;;;/h7,10-18,20H,3-6,8-9H2,1-2H3;6-15H,4-5H2,1-3H3;1-2H3;2*1H;/q2*-1;;;;+4/p-2. The topological polar surface area (TPSA) is 0 Å². The van der Waals surface area contributed by atoms with Gasteiger partial charge >= 0.3 is 37.9 Å². The molecule has 0 nitrogen and oxygen atoms in total. The van der Waals surface area contributed by atoms with Crippen molar-refractivity contribution in [1.29, 1.82) is 0 Å². The Hall–Kier alpha value is -2.22. The van der Waals surface area contributed by atoms with Crippen molar-refractivity contribution in [2.45, 2.75) is 117 Å². The fourth-order valence-corrected chi connectivity index (χ4v) is 7.39. The number of aryl methyl sites for hydroxylation is 1. The maximum absolute atomic E-state index is 4.93. The van der Waals surface area contributed by atoms with E-state index in [1.54, 1.807) is 5.56 Å². The Labute approximate surface area is 337 Å². The minimum atomic E-state index is -0.826. The zero-order valence-electron chi connectivity index (χ0n) is 32.5. The van der Waals surface area contributed by atoms with E-state index in [4.69, 9.17) is 17.0 Å². The van der Waals surface area contributed by atoms with E-state index in [0.29, 0.717) is 11.8 Å². The van der Waals surface area contributed by atoms with Gasteiger partial charge in [0, 0.05) is 9.52 Å². The Bertz CT molecular complexity index is 1890. The van der Waals surface area contributed by atoms with Gasteiger partial charge in [0.25, 0.3) is 0 Å². The molecule has 1 fully saturated rings. The second-order valence-corrected chi connectivity index (χ2v) is 19.1. The third kappa shape index (κ3) is 11.4. The van der Waals surface area contributed by atoms with Crippen LogP contribution < -0.4 is 0 Å². The van der Waals surface area contributed by atoms with Gasteiger partial charge in [0.1, 0.15) is 0 Å². The van der Waals surface area contributed by atoms with Gasteiger partial charge in [-0.3, -0.25) is 0 Å². The molecule has 0 aliphatic heterocycles. The van der Waals surface area contributed by atoms with E-state index < -0.39 is 20.8 Å². The first-order valence-electron chi connectivity index (χ1n) is 19.4. The molecule has 6 aromatic carbocycles. The molecule has 1 aliphatic rings. The van der Waals surface area contributed by atoms with Gasteiger partial charge in [0.05, 0.1) is 0 Å². The van der Waals surface area contributed by atoms with Gasteiger partial charge in [-0.25, -0.2) is 0 Å².